The van der Waals surface area contributed by atoms with E-state index in [0.717, 1.165) is 12.1 Å². The molecule has 1 heterocycles. The summed E-state index contributed by atoms with van der Waals surface area (Å²) < 4.78 is 38.0. The van der Waals surface area contributed by atoms with Gasteiger partial charge in [-0.25, -0.2) is 0 Å². The van der Waals surface area contributed by atoms with Gasteiger partial charge in [0, 0.05) is 19.0 Å². The van der Waals surface area contributed by atoms with E-state index < -0.39 is 23.6 Å². The number of aliphatic carboxylic acids is 1. The number of nitrogens with zero attached hydrogens (tertiary/aromatic N) is 1. The number of carboxylic acids is 1. The fourth-order valence-electron chi connectivity index (χ4n) is 3.11. The molecule has 0 saturated carbocycles. The molecule has 1 N–H and O–H groups in total. The van der Waals surface area contributed by atoms with Crippen LogP contribution in [0.2, 0.25) is 0 Å². The van der Waals surface area contributed by atoms with Crippen molar-refractivity contribution in [1.29, 1.82) is 0 Å². The highest BCUT2D eigenvalue weighted by Gasteiger charge is 2.37. The number of carbonyl (C=O) groups excluding carboxylic acids is 1. The van der Waals surface area contributed by atoms with Gasteiger partial charge in [-0.05, 0) is 37.8 Å². The number of aryl methyl sites for hydroxylation is 1. The number of carbonyl (C=O) groups is 2. The molecule has 1 aliphatic rings. The molecule has 2 rings (SSSR count). The van der Waals surface area contributed by atoms with Crippen LogP contribution in [0, 0.1) is 5.92 Å². The molecule has 2 atom stereocenters. The molecule has 1 aromatic carbocycles. The van der Waals surface area contributed by atoms with Gasteiger partial charge in [0.15, 0.2) is 0 Å². The summed E-state index contributed by atoms with van der Waals surface area (Å²) in [6.45, 7) is 2.14. The Balaban J connectivity index is 1.86. The number of carboxylic acid groups (broad SMARTS) is 1. The Labute approximate surface area is 138 Å². The molecule has 0 bridgehead atoms. The number of hydrogen-bond acceptors (Lipinski definition) is 2. The first-order valence-corrected chi connectivity index (χ1v) is 7.88. The second-order valence-electron chi connectivity index (χ2n) is 6.11. The molecule has 24 heavy (non-hydrogen) atoms. The van der Waals surface area contributed by atoms with E-state index in [1.54, 1.807) is 17.9 Å². The van der Waals surface area contributed by atoms with E-state index in [1.807, 2.05) is 0 Å². The number of likely N-dealkylation sites (tertiary alicyclic amines) is 1. The molecule has 7 heteroatoms. The zero-order valence-electron chi connectivity index (χ0n) is 13.3. The molecule has 4 nitrogen and oxygen atoms in total. The van der Waals surface area contributed by atoms with Crippen LogP contribution in [-0.2, 0) is 22.2 Å². The van der Waals surface area contributed by atoms with Crippen molar-refractivity contribution in [3.8, 4) is 0 Å². The molecular formula is C17H20F3NO3. The van der Waals surface area contributed by atoms with Crippen molar-refractivity contribution in [2.24, 2.45) is 5.92 Å². The first-order valence-electron chi connectivity index (χ1n) is 7.88. The van der Waals surface area contributed by atoms with Crippen LogP contribution in [0.15, 0.2) is 24.3 Å². The molecule has 1 aliphatic heterocycles. The van der Waals surface area contributed by atoms with E-state index in [2.05, 4.69) is 0 Å². The Morgan fingerprint density at radius 1 is 1.33 bits per heavy atom. The SMILES string of the molecule is CC1C(C(=O)O)CCN1C(=O)CCCc1cccc(C(F)(F)F)c1. The highest BCUT2D eigenvalue weighted by Crippen LogP contribution is 2.30. The average molecular weight is 343 g/mol. The second kappa shape index (κ2) is 7.23. The number of amides is 1. The summed E-state index contributed by atoms with van der Waals surface area (Å²) in [5.41, 5.74) is -0.153. The van der Waals surface area contributed by atoms with Gasteiger partial charge in [0.25, 0.3) is 0 Å². The van der Waals surface area contributed by atoms with Crippen LogP contribution in [0.4, 0.5) is 13.2 Å². The van der Waals surface area contributed by atoms with Crippen LogP contribution in [-0.4, -0.2) is 34.5 Å². The van der Waals surface area contributed by atoms with Crippen LogP contribution in [0.5, 0.6) is 0 Å². The van der Waals surface area contributed by atoms with Gasteiger partial charge in [0.05, 0.1) is 11.5 Å². The lowest BCUT2D eigenvalue weighted by Gasteiger charge is -2.23. The lowest BCUT2D eigenvalue weighted by Crippen LogP contribution is -2.37. The normalized spacial score (nSPS) is 21.1. The number of hydrogen-bond donors (Lipinski definition) is 1. The third kappa shape index (κ3) is 4.27. The van der Waals surface area contributed by atoms with Gasteiger partial charge in [-0.15, -0.1) is 0 Å². The minimum absolute atomic E-state index is 0.141. The molecule has 0 aromatic heterocycles. The highest BCUT2D eigenvalue weighted by atomic mass is 19.4. The average Bonchev–Trinajstić information content (AvgIpc) is 2.88. The predicted octanol–water partition coefficient (Wildman–Crippen LogP) is 3.35. The van der Waals surface area contributed by atoms with Gasteiger partial charge < -0.3 is 10.0 Å². The monoisotopic (exact) mass is 343 g/mol. The van der Waals surface area contributed by atoms with E-state index >= 15 is 0 Å². The molecule has 1 amide bonds. The summed E-state index contributed by atoms with van der Waals surface area (Å²) in [5, 5.41) is 9.07. The fourth-order valence-corrected chi connectivity index (χ4v) is 3.11. The number of benzene rings is 1. The van der Waals surface area contributed by atoms with Gasteiger partial charge in [-0.1, -0.05) is 18.2 Å². The zero-order valence-corrected chi connectivity index (χ0v) is 13.3. The highest BCUT2D eigenvalue weighted by molar-refractivity contribution is 5.79. The van der Waals surface area contributed by atoms with Crippen molar-refractivity contribution in [2.45, 2.75) is 44.8 Å². The van der Waals surface area contributed by atoms with Crippen LogP contribution >= 0.6 is 0 Å². The maximum absolute atomic E-state index is 12.7. The molecule has 0 radical (unpaired) electrons. The van der Waals surface area contributed by atoms with Gasteiger partial charge in [0.2, 0.25) is 5.91 Å². The van der Waals surface area contributed by atoms with E-state index in [4.69, 9.17) is 5.11 Å². The van der Waals surface area contributed by atoms with E-state index in [0.29, 0.717) is 31.4 Å². The maximum Gasteiger partial charge on any atom is 0.416 e. The topological polar surface area (TPSA) is 57.6 Å². The van der Waals surface area contributed by atoms with Gasteiger partial charge in [-0.2, -0.15) is 13.2 Å². The summed E-state index contributed by atoms with van der Waals surface area (Å²) in [5.74, 6) is -1.59. The maximum atomic E-state index is 12.7. The van der Waals surface area contributed by atoms with E-state index in [1.165, 1.54) is 6.07 Å². The molecule has 0 spiro atoms. The standard InChI is InChI=1S/C17H20F3NO3/c1-11-14(16(23)24)8-9-21(11)15(22)7-3-5-12-4-2-6-13(10-12)17(18,19)20/h2,4,6,10-11,14H,3,5,7-9H2,1H3,(H,23,24). The molecule has 1 saturated heterocycles. The minimum Gasteiger partial charge on any atom is -0.481 e. The third-order valence-electron chi connectivity index (χ3n) is 4.50. The third-order valence-corrected chi connectivity index (χ3v) is 4.50. The van der Waals surface area contributed by atoms with Crippen molar-refractivity contribution in [3.05, 3.63) is 35.4 Å². The number of alkyl halides is 3. The molecule has 1 fully saturated rings. The lowest BCUT2D eigenvalue weighted by atomic mass is 10.0. The van der Waals surface area contributed by atoms with Crippen molar-refractivity contribution >= 4 is 11.9 Å². The first-order chi connectivity index (χ1) is 11.2. The van der Waals surface area contributed by atoms with E-state index in [9.17, 15) is 22.8 Å². The summed E-state index contributed by atoms with van der Waals surface area (Å²) in [6, 6.07) is 4.75. The largest absolute Gasteiger partial charge is 0.481 e. The Morgan fingerprint density at radius 3 is 2.62 bits per heavy atom. The van der Waals surface area contributed by atoms with Crippen LogP contribution in [0.25, 0.3) is 0 Å². The number of halogens is 3. The van der Waals surface area contributed by atoms with Gasteiger partial charge in [0.1, 0.15) is 0 Å². The Kier molecular flexibility index (Phi) is 5.51. The molecule has 2 unspecified atom stereocenters. The predicted molar refractivity (Wildman–Crippen MR) is 81.3 cm³/mol. The summed E-state index contributed by atoms with van der Waals surface area (Å²) in [6.07, 6.45) is -2.92. The van der Waals surface area contributed by atoms with Crippen LogP contribution in [0.3, 0.4) is 0 Å². The smallest absolute Gasteiger partial charge is 0.416 e. The molecule has 1 aromatic rings. The van der Waals surface area contributed by atoms with Crippen molar-refractivity contribution in [2.75, 3.05) is 6.54 Å². The Morgan fingerprint density at radius 2 is 2.04 bits per heavy atom. The van der Waals surface area contributed by atoms with Crippen LogP contribution < -0.4 is 0 Å². The summed E-state index contributed by atoms with van der Waals surface area (Å²) in [4.78, 5) is 24.8. The number of rotatable bonds is 5. The molecule has 132 valence electrons. The first kappa shape index (κ1) is 18.3. The summed E-state index contributed by atoms with van der Waals surface area (Å²) in [7, 11) is 0. The van der Waals surface area contributed by atoms with Crippen LogP contribution in [0.1, 0.15) is 37.3 Å². The second-order valence-corrected chi connectivity index (χ2v) is 6.11. The van der Waals surface area contributed by atoms with Crippen molar-refractivity contribution < 1.29 is 27.9 Å². The Hall–Kier alpha value is -2.05. The molecule has 0 aliphatic carbocycles. The van der Waals surface area contributed by atoms with Gasteiger partial charge in [-0.3, -0.25) is 9.59 Å². The van der Waals surface area contributed by atoms with E-state index in [-0.39, 0.29) is 18.4 Å². The zero-order chi connectivity index (χ0) is 17.9. The van der Waals surface area contributed by atoms with Crippen molar-refractivity contribution in [1.82, 2.24) is 4.90 Å². The minimum atomic E-state index is -4.37. The summed E-state index contributed by atoms with van der Waals surface area (Å²) >= 11 is 0. The lowest BCUT2D eigenvalue weighted by molar-refractivity contribution is -0.143. The Bertz CT molecular complexity index is 615. The quantitative estimate of drug-likeness (QED) is 0.892. The fraction of sp³-hybridized carbons (Fsp3) is 0.529. The molecular weight excluding hydrogens is 323 g/mol. The van der Waals surface area contributed by atoms with Gasteiger partial charge >= 0.3 is 12.1 Å². The van der Waals surface area contributed by atoms with Crippen molar-refractivity contribution in [3.63, 3.8) is 0 Å².